The van der Waals surface area contributed by atoms with E-state index in [1.54, 1.807) is 30.3 Å². The lowest BCUT2D eigenvalue weighted by molar-refractivity contribution is 0.0916. The molecule has 0 aliphatic rings. The van der Waals surface area contributed by atoms with Crippen LogP contribution in [0.25, 0.3) is 0 Å². The first-order valence-corrected chi connectivity index (χ1v) is 7.85. The predicted molar refractivity (Wildman–Crippen MR) is 93.3 cm³/mol. The van der Waals surface area contributed by atoms with Crippen LogP contribution in [0.3, 0.4) is 0 Å². The molecule has 24 heavy (non-hydrogen) atoms. The molecule has 0 bridgehead atoms. The van der Waals surface area contributed by atoms with E-state index in [1.165, 1.54) is 20.3 Å². The van der Waals surface area contributed by atoms with Crippen molar-refractivity contribution in [2.75, 3.05) is 20.8 Å². The van der Waals surface area contributed by atoms with Crippen LogP contribution in [0, 0.1) is 0 Å². The number of nitrogens with one attached hydrogen (secondary N) is 1. The summed E-state index contributed by atoms with van der Waals surface area (Å²) in [5, 5.41) is 13.6. The van der Waals surface area contributed by atoms with Crippen LogP contribution < -0.4 is 14.8 Å². The first-order chi connectivity index (χ1) is 11.5. The van der Waals surface area contributed by atoms with Crippen molar-refractivity contribution < 1.29 is 19.4 Å². The van der Waals surface area contributed by atoms with Gasteiger partial charge in [0, 0.05) is 12.1 Å². The number of ether oxygens (including phenoxy) is 2. The number of rotatable bonds is 6. The van der Waals surface area contributed by atoms with Crippen LogP contribution in [0.4, 0.5) is 0 Å². The molecule has 0 radical (unpaired) electrons. The van der Waals surface area contributed by atoms with Crippen molar-refractivity contribution in [1.29, 1.82) is 0 Å². The monoisotopic (exact) mass is 369 g/mol. The van der Waals surface area contributed by atoms with Crippen LogP contribution >= 0.6 is 23.2 Å². The van der Waals surface area contributed by atoms with Crippen LogP contribution in [-0.2, 0) is 0 Å². The quantitative estimate of drug-likeness (QED) is 0.817. The summed E-state index contributed by atoms with van der Waals surface area (Å²) in [5.41, 5.74) is 0.964. The number of hydrogen-bond donors (Lipinski definition) is 2. The first-order valence-electron chi connectivity index (χ1n) is 7.09. The van der Waals surface area contributed by atoms with Gasteiger partial charge in [-0.3, -0.25) is 4.79 Å². The van der Waals surface area contributed by atoms with Gasteiger partial charge in [0.2, 0.25) is 0 Å². The van der Waals surface area contributed by atoms with E-state index < -0.39 is 6.10 Å². The van der Waals surface area contributed by atoms with Crippen LogP contribution in [0.5, 0.6) is 11.5 Å². The molecule has 128 valence electrons. The molecule has 0 heterocycles. The number of hydrogen-bond acceptors (Lipinski definition) is 4. The Balaban J connectivity index is 2.03. The van der Waals surface area contributed by atoms with Crippen LogP contribution in [0.2, 0.25) is 10.0 Å². The summed E-state index contributed by atoms with van der Waals surface area (Å²) >= 11 is 11.7. The van der Waals surface area contributed by atoms with Gasteiger partial charge in [-0.25, -0.2) is 0 Å². The zero-order valence-electron chi connectivity index (χ0n) is 13.2. The van der Waals surface area contributed by atoms with Gasteiger partial charge < -0.3 is 19.9 Å². The Morgan fingerprint density at radius 2 is 1.79 bits per heavy atom. The molecule has 2 rings (SSSR count). The molecule has 0 aliphatic carbocycles. The molecule has 1 unspecified atom stereocenters. The van der Waals surface area contributed by atoms with E-state index in [-0.39, 0.29) is 12.5 Å². The number of aliphatic hydroxyl groups excluding tert-OH is 1. The van der Waals surface area contributed by atoms with E-state index in [4.69, 9.17) is 32.7 Å². The highest BCUT2D eigenvalue weighted by atomic mass is 35.5. The van der Waals surface area contributed by atoms with Crippen LogP contribution in [0.15, 0.2) is 36.4 Å². The third kappa shape index (κ3) is 4.32. The number of carbonyl (C=O) groups excluding carboxylic acids is 1. The van der Waals surface area contributed by atoms with Crippen LogP contribution in [-0.4, -0.2) is 31.8 Å². The molecule has 1 amide bonds. The van der Waals surface area contributed by atoms with E-state index in [0.717, 1.165) is 0 Å². The maximum Gasteiger partial charge on any atom is 0.251 e. The Morgan fingerprint density at radius 3 is 2.42 bits per heavy atom. The largest absolute Gasteiger partial charge is 0.493 e. The molecule has 2 aromatic carbocycles. The Labute approximate surface area is 150 Å². The van der Waals surface area contributed by atoms with Crippen molar-refractivity contribution in [3.05, 3.63) is 57.6 Å². The van der Waals surface area contributed by atoms with E-state index in [9.17, 15) is 9.90 Å². The van der Waals surface area contributed by atoms with Crippen molar-refractivity contribution in [3.63, 3.8) is 0 Å². The molecule has 7 heteroatoms. The maximum absolute atomic E-state index is 12.1. The van der Waals surface area contributed by atoms with E-state index in [2.05, 4.69) is 5.32 Å². The van der Waals surface area contributed by atoms with Gasteiger partial charge in [0.15, 0.2) is 11.5 Å². The second-order valence-electron chi connectivity index (χ2n) is 4.97. The van der Waals surface area contributed by atoms with Gasteiger partial charge in [-0.15, -0.1) is 0 Å². The van der Waals surface area contributed by atoms with Crippen molar-refractivity contribution in [1.82, 2.24) is 5.32 Å². The predicted octanol–water partition coefficient (Wildman–Crippen LogP) is 3.47. The lowest BCUT2D eigenvalue weighted by atomic mass is 10.1. The minimum atomic E-state index is -0.892. The summed E-state index contributed by atoms with van der Waals surface area (Å²) in [7, 11) is 3.05. The topological polar surface area (TPSA) is 67.8 Å². The standard InChI is InChI=1S/C17H17Cl2NO4/c1-23-15-6-4-10(8-16(15)24-2)14(21)9-20-17(22)11-3-5-12(18)13(19)7-11/h3-8,14,21H,9H2,1-2H3,(H,20,22). The lowest BCUT2D eigenvalue weighted by Gasteiger charge is -2.15. The van der Waals surface area contributed by atoms with E-state index >= 15 is 0 Å². The minimum Gasteiger partial charge on any atom is -0.493 e. The maximum atomic E-state index is 12.1. The minimum absolute atomic E-state index is 0.0363. The zero-order chi connectivity index (χ0) is 17.7. The number of benzene rings is 2. The Hall–Kier alpha value is -1.95. The van der Waals surface area contributed by atoms with Crippen molar-refractivity contribution >= 4 is 29.1 Å². The second-order valence-corrected chi connectivity index (χ2v) is 5.78. The Kier molecular flexibility index (Phi) is 6.31. The summed E-state index contributed by atoms with van der Waals surface area (Å²) in [4.78, 5) is 12.1. The molecule has 1 atom stereocenters. The Morgan fingerprint density at radius 1 is 1.08 bits per heavy atom. The molecule has 5 nitrogen and oxygen atoms in total. The molecule has 0 fully saturated rings. The van der Waals surface area contributed by atoms with Crippen LogP contribution in [0.1, 0.15) is 22.0 Å². The van der Waals surface area contributed by atoms with Gasteiger partial charge in [-0.2, -0.15) is 0 Å². The molecule has 0 aliphatic heterocycles. The fraction of sp³-hybridized carbons (Fsp3) is 0.235. The molecule has 0 saturated carbocycles. The smallest absolute Gasteiger partial charge is 0.251 e. The summed E-state index contributed by atoms with van der Waals surface area (Å²) in [6.45, 7) is 0.0363. The highest BCUT2D eigenvalue weighted by molar-refractivity contribution is 6.42. The molecule has 0 aromatic heterocycles. The van der Waals surface area contributed by atoms with Gasteiger partial charge >= 0.3 is 0 Å². The highest BCUT2D eigenvalue weighted by Gasteiger charge is 2.14. The fourth-order valence-electron chi connectivity index (χ4n) is 2.11. The first kappa shape index (κ1) is 18.4. The van der Waals surface area contributed by atoms with Gasteiger partial charge in [0.05, 0.1) is 30.4 Å². The number of aliphatic hydroxyl groups is 1. The summed E-state index contributed by atoms with van der Waals surface area (Å²) < 4.78 is 10.3. The summed E-state index contributed by atoms with van der Waals surface area (Å²) in [6.07, 6.45) is -0.892. The molecule has 0 saturated heterocycles. The third-order valence-electron chi connectivity index (χ3n) is 3.43. The van der Waals surface area contributed by atoms with Gasteiger partial charge in [-0.1, -0.05) is 29.3 Å². The average Bonchev–Trinajstić information content (AvgIpc) is 2.60. The molecule has 0 spiro atoms. The SMILES string of the molecule is COc1ccc(C(O)CNC(=O)c2ccc(Cl)c(Cl)c2)cc1OC. The van der Waals surface area contributed by atoms with E-state index in [0.29, 0.717) is 32.7 Å². The normalized spacial score (nSPS) is 11.7. The van der Waals surface area contributed by atoms with Crippen molar-refractivity contribution in [2.45, 2.75) is 6.10 Å². The van der Waals surface area contributed by atoms with E-state index in [1.807, 2.05) is 0 Å². The zero-order valence-corrected chi connectivity index (χ0v) is 14.7. The third-order valence-corrected chi connectivity index (χ3v) is 4.17. The molecule has 2 N–H and O–H groups in total. The number of methoxy groups -OCH3 is 2. The number of carbonyl (C=O) groups is 1. The molecular formula is C17H17Cl2NO4. The average molecular weight is 370 g/mol. The number of amides is 1. The molecular weight excluding hydrogens is 353 g/mol. The second kappa shape index (κ2) is 8.24. The van der Waals surface area contributed by atoms with Gasteiger partial charge in [0.1, 0.15) is 0 Å². The summed E-state index contributed by atoms with van der Waals surface area (Å²) in [5.74, 6) is 0.714. The summed E-state index contributed by atoms with van der Waals surface area (Å²) in [6, 6.07) is 9.64. The van der Waals surface area contributed by atoms with Crippen molar-refractivity contribution in [2.24, 2.45) is 0 Å². The molecule has 2 aromatic rings. The van der Waals surface area contributed by atoms with Crippen molar-refractivity contribution in [3.8, 4) is 11.5 Å². The highest BCUT2D eigenvalue weighted by Crippen LogP contribution is 2.29. The van der Waals surface area contributed by atoms with Gasteiger partial charge in [-0.05, 0) is 35.9 Å². The fourth-order valence-corrected chi connectivity index (χ4v) is 2.40. The van der Waals surface area contributed by atoms with Gasteiger partial charge in [0.25, 0.3) is 5.91 Å². The Bertz CT molecular complexity index is 737. The lowest BCUT2D eigenvalue weighted by Crippen LogP contribution is -2.28. The number of halogens is 2.